The standard InChI is InChI=1S/C25H21Cl2FN2O2S/c1-15-2-6-17(7-3-15)24(32)30-22(23(31)29-13-16-4-9-19(28)10-5-16)14-33-25(30)18-8-11-20(26)21(27)12-18/h2-12,22,25H,13-14H2,1H3,(H,29,31). The second-order valence-corrected chi connectivity index (χ2v) is 9.73. The van der Waals surface area contributed by atoms with Crippen molar-refractivity contribution in [1.29, 1.82) is 0 Å². The van der Waals surface area contributed by atoms with Gasteiger partial charge in [0.1, 0.15) is 17.2 Å². The molecule has 170 valence electrons. The summed E-state index contributed by atoms with van der Waals surface area (Å²) >= 11 is 13.8. The van der Waals surface area contributed by atoms with Gasteiger partial charge in [0.05, 0.1) is 10.0 Å². The summed E-state index contributed by atoms with van der Waals surface area (Å²) in [6, 6.07) is 17.8. The van der Waals surface area contributed by atoms with Gasteiger partial charge in [0.2, 0.25) is 5.91 Å². The van der Waals surface area contributed by atoms with Gasteiger partial charge in [0.25, 0.3) is 5.91 Å². The van der Waals surface area contributed by atoms with E-state index in [2.05, 4.69) is 5.32 Å². The third-order valence-corrected chi connectivity index (χ3v) is 7.51. The van der Waals surface area contributed by atoms with E-state index in [1.54, 1.807) is 41.3 Å². The van der Waals surface area contributed by atoms with E-state index >= 15 is 0 Å². The van der Waals surface area contributed by atoms with Gasteiger partial charge in [-0.3, -0.25) is 9.59 Å². The van der Waals surface area contributed by atoms with Crippen LogP contribution >= 0.6 is 35.0 Å². The number of carbonyl (C=O) groups excluding carboxylic acids is 2. The summed E-state index contributed by atoms with van der Waals surface area (Å²) in [5, 5.41) is 3.30. The van der Waals surface area contributed by atoms with Crippen molar-refractivity contribution >= 4 is 46.8 Å². The summed E-state index contributed by atoms with van der Waals surface area (Å²) < 4.78 is 13.2. The zero-order valence-corrected chi connectivity index (χ0v) is 20.1. The average molecular weight is 503 g/mol. The van der Waals surface area contributed by atoms with Crippen LogP contribution in [0.4, 0.5) is 4.39 Å². The SMILES string of the molecule is Cc1ccc(C(=O)N2C(C(=O)NCc3ccc(F)cc3)CSC2c2ccc(Cl)c(Cl)c2)cc1. The lowest BCUT2D eigenvalue weighted by Gasteiger charge is -2.29. The Bertz CT molecular complexity index is 1170. The molecule has 0 radical (unpaired) electrons. The van der Waals surface area contributed by atoms with Crippen molar-refractivity contribution in [2.45, 2.75) is 24.9 Å². The molecule has 4 rings (SSSR count). The van der Waals surface area contributed by atoms with Gasteiger partial charge in [-0.15, -0.1) is 11.8 Å². The van der Waals surface area contributed by atoms with Crippen molar-refractivity contribution in [2.24, 2.45) is 0 Å². The highest BCUT2D eigenvalue weighted by Gasteiger charge is 2.42. The van der Waals surface area contributed by atoms with E-state index in [4.69, 9.17) is 23.2 Å². The first-order valence-corrected chi connectivity index (χ1v) is 12.1. The van der Waals surface area contributed by atoms with Gasteiger partial charge in [0, 0.05) is 17.9 Å². The number of carbonyl (C=O) groups is 2. The molecule has 2 unspecified atom stereocenters. The Kier molecular flexibility index (Phi) is 7.27. The van der Waals surface area contributed by atoms with E-state index in [0.717, 1.165) is 16.7 Å². The van der Waals surface area contributed by atoms with Gasteiger partial charge in [-0.25, -0.2) is 4.39 Å². The number of hydrogen-bond acceptors (Lipinski definition) is 3. The van der Waals surface area contributed by atoms with Gasteiger partial charge in [-0.2, -0.15) is 0 Å². The van der Waals surface area contributed by atoms with Crippen molar-refractivity contribution in [1.82, 2.24) is 10.2 Å². The summed E-state index contributed by atoms with van der Waals surface area (Å²) in [7, 11) is 0. The third-order valence-electron chi connectivity index (χ3n) is 5.44. The molecule has 4 nitrogen and oxygen atoms in total. The molecule has 0 aromatic heterocycles. The Morgan fingerprint density at radius 1 is 1.03 bits per heavy atom. The monoisotopic (exact) mass is 502 g/mol. The minimum Gasteiger partial charge on any atom is -0.350 e. The maximum absolute atomic E-state index is 13.6. The number of amides is 2. The summed E-state index contributed by atoms with van der Waals surface area (Å²) in [5.74, 6) is -0.415. The van der Waals surface area contributed by atoms with E-state index in [0.29, 0.717) is 21.4 Å². The summed E-state index contributed by atoms with van der Waals surface area (Å²) in [6.07, 6.45) is 0. The summed E-state index contributed by atoms with van der Waals surface area (Å²) in [4.78, 5) is 28.3. The molecular formula is C25H21Cl2FN2O2S. The first kappa shape index (κ1) is 23.6. The number of nitrogens with zero attached hydrogens (tertiary/aromatic N) is 1. The van der Waals surface area contributed by atoms with Crippen molar-refractivity contribution in [2.75, 3.05) is 5.75 Å². The fourth-order valence-electron chi connectivity index (χ4n) is 3.63. The van der Waals surface area contributed by atoms with Crippen molar-refractivity contribution < 1.29 is 14.0 Å². The van der Waals surface area contributed by atoms with Gasteiger partial charge in [-0.1, -0.05) is 59.1 Å². The minimum atomic E-state index is -0.677. The highest BCUT2D eigenvalue weighted by Crippen LogP contribution is 2.43. The Morgan fingerprint density at radius 2 is 1.73 bits per heavy atom. The smallest absolute Gasteiger partial charge is 0.255 e. The number of aryl methyl sites for hydroxylation is 1. The molecule has 0 bridgehead atoms. The molecular weight excluding hydrogens is 482 g/mol. The normalized spacial score (nSPS) is 17.8. The first-order valence-electron chi connectivity index (χ1n) is 10.3. The van der Waals surface area contributed by atoms with Crippen LogP contribution in [0.25, 0.3) is 0 Å². The molecule has 33 heavy (non-hydrogen) atoms. The van der Waals surface area contributed by atoms with Gasteiger partial charge in [0.15, 0.2) is 0 Å². The number of thioether (sulfide) groups is 1. The molecule has 1 aliphatic heterocycles. The van der Waals surface area contributed by atoms with Crippen LogP contribution in [0.1, 0.15) is 32.4 Å². The highest BCUT2D eigenvalue weighted by molar-refractivity contribution is 7.99. The number of benzene rings is 3. The first-order chi connectivity index (χ1) is 15.8. The maximum atomic E-state index is 13.6. The molecule has 0 aliphatic carbocycles. The Balaban J connectivity index is 1.60. The van der Waals surface area contributed by atoms with Crippen LogP contribution in [-0.4, -0.2) is 28.5 Å². The third kappa shape index (κ3) is 5.35. The molecule has 1 aliphatic rings. The predicted octanol–water partition coefficient (Wildman–Crippen LogP) is 6.01. The Morgan fingerprint density at radius 3 is 2.39 bits per heavy atom. The quantitative estimate of drug-likeness (QED) is 0.464. The molecule has 8 heteroatoms. The number of rotatable bonds is 5. The lowest BCUT2D eigenvalue weighted by Crippen LogP contribution is -2.47. The van der Waals surface area contributed by atoms with Crippen LogP contribution < -0.4 is 5.32 Å². The molecule has 0 saturated carbocycles. The molecule has 1 N–H and O–H groups in total. The van der Waals surface area contributed by atoms with Gasteiger partial charge >= 0.3 is 0 Å². The van der Waals surface area contributed by atoms with Crippen LogP contribution in [0, 0.1) is 12.7 Å². The lowest BCUT2D eigenvalue weighted by atomic mass is 10.1. The Labute approximate surface area is 206 Å². The second-order valence-electron chi connectivity index (χ2n) is 7.80. The molecule has 1 saturated heterocycles. The van der Waals surface area contributed by atoms with Crippen LogP contribution in [0.2, 0.25) is 10.0 Å². The van der Waals surface area contributed by atoms with Gasteiger partial charge in [-0.05, 0) is 54.4 Å². The van der Waals surface area contributed by atoms with Crippen LogP contribution in [0.15, 0.2) is 66.7 Å². The molecule has 0 spiro atoms. The van der Waals surface area contributed by atoms with Crippen molar-refractivity contribution in [3.05, 3.63) is 105 Å². The zero-order valence-electron chi connectivity index (χ0n) is 17.7. The van der Waals surface area contributed by atoms with Crippen molar-refractivity contribution in [3.8, 4) is 0 Å². The minimum absolute atomic E-state index is 0.238. The number of halogens is 3. The molecule has 3 aromatic rings. The molecule has 2 amide bonds. The molecule has 1 heterocycles. The van der Waals surface area contributed by atoms with E-state index in [1.165, 1.54) is 23.9 Å². The molecule has 1 fully saturated rings. The highest BCUT2D eigenvalue weighted by atomic mass is 35.5. The second kappa shape index (κ2) is 10.2. The van der Waals surface area contributed by atoms with Crippen LogP contribution in [0.5, 0.6) is 0 Å². The van der Waals surface area contributed by atoms with Crippen LogP contribution in [-0.2, 0) is 11.3 Å². The Hall–Kier alpha value is -2.54. The fraction of sp³-hybridized carbons (Fsp3) is 0.200. The fourth-order valence-corrected chi connectivity index (χ4v) is 5.36. The van der Waals surface area contributed by atoms with E-state index < -0.39 is 11.4 Å². The summed E-state index contributed by atoms with van der Waals surface area (Å²) in [6.45, 7) is 2.19. The van der Waals surface area contributed by atoms with Gasteiger partial charge < -0.3 is 10.2 Å². The van der Waals surface area contributed by atoms with E-state index in [9.17, 15) is 14.0 Å². The summed E-state index contributed by atoms with van der Waals surface area (Å²) in [5.41, 5.74) is 3.11. The topological polar surface area (TPSA) is 49.4 Å². The number of nitrogens with one attached hydrogen (secondary N) is 1. The largest absolute Gasteiger partial charge is 0.350 e. The van der Waals surface area contributed by atoms with E-state index in [1.807, 2.05) is 25.1 Å². The molecule has 3 aromatic carbocycles. The van der Waals surface area contributed by atoms with Crippen LogP contribution in [0.3, 0.4) is 0 Å². The average Bonchev–Trinajstić information content (AvgIpc) is 3.25. The van der Waals surface area contributed by atoms with E-state index in [-0.39, 0.29) is 24.2 Å². The zero-order chi connectivity index (χ0) is 23.5. The maximum Gasteiger partial charge on any atom is 0.255 e. The lowest BCUT2D eigenvalue weighted by molar-refractivity contribution is -0.125. The number of hydrogen-bond donors (Lipinski definition) is 1. The molecule has 2 atom stereocenters. The predicted molar refractivity (Wildman–Crippen MR) is 131 cm³/mol. The van der Waals surface area contributed by atoms with Crippen molar-refractivity contribution in [3.63, 3.8) is 0 Å².